The van der Waals surface area contributed by atoms with E-state index in [0.29, 0.717) is 11.4 Å². The minimum atomic E-state index is -0.703. The molecule has 1 aliphatic rings. The van der Waals surface area contributed by atoms with Crippen molar-refractivity contribution >= 4 is 29.0 Å². The van der Waals surface area contributed by atoms with E-state index in [1.165, 1.54) is 17.1 Å². The lowest BCUT2D eigenvalue weighted by Crippen LogP contribution is -2.44. The third kappa shape index (κ3) is 5.17. The van der Waals surface area contributed by atoms with Crippen molar-refractivity contribution in [1.82, 2.24) is 5.32 Å². The van der Waals surface area contributed by atoms with Crippen molar-refractivity contribution in [3.8, 4) is 6.07 Å². The van der Waals surface area contributed by atoms with E-state index in [4.69, 9.17) is 10.00 Å². The first kappa shape index (κ1) is 21.8. The van der Waals surface area contributed by atoms with E-state index >= 15 is 0 Å². The predicted octanol–water partition coefficient (Wildman–Crippen LogP) is 2.42. The van der Waals surface area contributed by atoms with Crippen molar-refractivity contribution < 1.29 is 18.7 Å². The van der Waals surface area contributed by atoms with Crippen molar-refractivity contribution in [1.29, 1.82) is 5.26 Å². The lowest BCUT2D eigenvalue weighted by atomic mass is 10.1. The molecule has 0 bridgehead atoms. The first-order valence-electron chi connectivity index (χ1n) is 9.84. The lowest BCUT2D eigenvalue weighted by Gasteiger charge is -2.22. The van der Waals surface area contributed by atoms with Crippen LogP contribution in [0.15, 0.2) is 53.6 Å². The maximum absolute atomic E-state index is 13.7. The van der Waals surface area contributed by atoms with Crippen molar-refractivity contribution in [3.63, 3.8) is 0 Å². The average molecular weight is 423 g/mol. The van der Waals surface area contributed by atoms with Crippen molar-refractivity contribution in [3.05, 3.63) is 59.9 Å². The number of nitriles is 1. The van der Waals surface area contributed by atoms with Crippen LogP contribution in [0.25, 0.3) is 0 Å². The van der Waals surface area contributed by atoms with Crippen LogP contribution in [0.3, 0.4) is 0 Å². The second-order valence-electron chi connectivity index (χ2n) is 6.66. The highest BCUT2D eigenvalue weighted by Crippen LogP contribution is 2.25. The molecule has 1 heterocycles. The third-order valence-corrected chi connectivity index (χ3v) is 4.61. The van der Waals surface area contributed by atoms with Gasteiger partial charge in [-0.05, 0) is 31.2 Å². The highest BCUT2D eigenvalue weighted by atomic mass is 19.1. The molecule has 0 saturated carbocycles. The Balaban J connectivity index is 1.63. The number of anilines is 2. The number of hydrogen-bond donors (Lipinski definition) is 2. The van der Waals surface area contributed by atoms with Crippen LogP contribution < -0.4 is 15.6 Å². The van der Waals surface area contributed by atoms with Gasteiger partial charge in [0.1, 0.15) is 29.2 Å². The normalized spacial score (nSPS) is 15.1. The molecule has 9 heteroatoms. The summed E-state index contributed by atoms with van der Waals surface area (Å²) in [5, 5.41) is 20.6. The van der Waals surface area contributed by atoms with Crippen LogP contribution in [-0.4, -0.2) is 43.3 Å². The number of hydrazone groups is 1. The highest BCUT2D eigenvalue weighted by molar-refractivity contribution is 6.38. The fourth-order valence-corrected chi connectivity index (χ4v) is 3.16. The summed E-state index contributed by atoms with van der Waals surface area (Å²) in [5.74, 6) is -1.46. The first-order valence-corrected chi connectivity index (χ1v) is 9.84. The summed E-state index contributed by atoms with van der Waals surface area (Å²) in [6, 6.07) is 14.5. The molecular formula is C22H22FN5O3. The van der Waals surface area contributed by atoms with E-state index in [1.54, 1.807) is 25.1 Å². The van der Waals surface area contributed by atoms with Gasteiger partial charge in [0.25, 0.3) is 0 Å². The van der Waals surface area contributed by atoms with Gasteiger partial charge in [-0.1, -0.05) is 24.3 Å². The second kappa shape index (κ2) is 10.2. The maximum Gasteiger partial charge on any atom is 0.354 e. The van der Waals surface area contributed by atoms with Crippen LogP contribution in [0.5, 0.6) is 0 Å². The number of esters is 1. The molecule has 3 rings (SSSR count). The number of nitrogens with zero attached hydrogens (tertiary/aromatic N) is 3. The number of rotatable bonds is 8. The second-order valence-corrected chi connectivity index (χ2v) is 6.66. The van der Waals surface area contributed by atoms with Gasteiger partial charge >= 0.3 is 5.97 Å². The molecule has 1 aliphatic heterocycles. The highest BCUT2D eigenvalue weighted by Gasteiger charge is 2.36. The zero-order valence-electron chi connectivity index (χ0n) is 17.0. The Kier molecular flexibility index (Phi) is 7.17. The summed E-state index contributed by atoms with van der Waals surface area (Å²) in [6.45, 7) is 2.44. The van der Waals surface area contributed by atoms with E-state index in [-0.39, 0.29) is 43.3 Å². The molecule has 1 amide bonds. The topological polar surface area (TPSA) is 107 Å². The first-order chi connectivity index (χ1) is 15.0. The molecule has 2 N–H and O–H groups in total. The van der Waals surface area contributed by atoms with Gasteiger partial charge < -0.3 is 15.4 Å². The lowest BCUT2D eigenvalue weighted by molar-refractivity contribution is -0.135. The summed E-state index contributed by atoms with van der Waals surface area (Å²) in [5.41, 5.74) is 1.14. The number of para-hydroxylation sites is 1. The Morgan fingerprint density at radius 2 is 2.00 bits per heavy atom. The summed E-state index contributed by atoms with van der Waals surface area (Å²) >= 11 is 0. The summed E-state index contributed by atoms with van der Waals surface area (Å²) in [7, 11) is 0. The quantitative estimate of drug-likeness (QED) is 0.499. The van der Waals surface area contributed by atoms with Gasteiger partial charge in [0, 0.05) is 19.5 Å². The maximum atomic E-state index is 13.7. The molecule has 2 aromatic rings. The molecule has 160 valence electrons. The Morgan fingerprint density at radius 3 is 2.71 bits per heavy atom. The molecule has 31 heavy (non-hydrogen) atoms. The zero-order chi connectivity index (χ0) is 22.2. The molecule has 0 fully saturated rings. The van der Waals surface area contributed by atoms with Gasteiger partial charge in [-0.3, -0.25) is 9.80 Å². The smallest absolute Gasteiger partial charge is 0.354 e. The fourth-order valence-electron chi connectivity index (χ4n) is 3.16. The fraction of sp³-hybridized carbons (Fsp3) is 0.273. The number of hydrogen-bond acceptors (Lipinski definition) is 7. The number of halogens is 1. The SMILES string of the molecule is CCOC(=O)C1=NN(c2ccccc2)[C@@H](C(=O)NCCNc2cccc(F)c2C#N)C1. The van der Waals surface area contributed by atoms with Gasteiger partial charge in [0.05, 0.1) is 18.0 Å². The van der Waals surface area contributed by atoms with E-state index < -0.39 is 17.8 Å². The predicted molar refractivity (Wildman–Crippen MR) is 114 cm³/mol. The average Bonchev–Trinajstić information content (AvgIpc) is 3.23. The summed E-state index contributed by atoms with van der Waals surface area (Å²) in [4.78, 5) is 24.9. The third-order valence-electron chi connectivity index (χ3n) is 4.61. The number of amides is 1. The van der Waals surface area contributed by atoms with Gasteiger partial charge in [-0.25, -0.2) is 9.18 Å². The molecule has 0 aliphatic carbocycles. The van der Waals surface area contributed by atoms with E-state index in [1.807, 2.05) is 24.3 Å². The molecular weight excluding hydrogens is 401 g/mol. The molecule has 0 spiro atoms. The Morgan fingerprint density at radius 1 is 1.23 bits per heavy atom. The van der Waals surface area contributed by atoms with Crippen LogP contribution in [0.1, 0.15) is 18.9 Å². The molecule has 0 saturated heterocycles. The molecule has 8 nitrogen and oxygen atoms in total. The number of benzene rings is 2. The van der Waals surface area contributed by atoms with E-state index in [9.17, 15) is 14.0 Å². The number of nitrogens with one attached hydrogen (secondary N) is 2. The largest absolute Gasteiger partial charge is 0.461 e. The number of carbonyl (C=O) groups is 2. The van der Waals surface area contributed by atoms with Crippen molar-refractivity contribution in [2.24, 2.45) is 5.10 Å². The minimum Gasteiger partial charge on any atom is -0.461 e. The molecule has 1 atom stereocenters. The van der Waals surface area contributed by atoms with Crippen LogP contribution >= 0.6 is 0 Å². The Hall–Kier alpha value is -3.93. The van der Waals surface area contributed by atoms with Gasteiger partial charge in [0.15, 0.2) is 0 Å². The summed E-state index contributed by atoms with van der Waals surface area (Å²) in [6.07, 6.45) is 0.121. The molecule has 0 unspecified atom stereocenters. The molecule has 2 aromatic carbocycles. The van der Waals surface area contributed by atoms with Crippen LogP contribution in [0, 0.1) is 17.1 Å². The standard InChI is InChI=1S/C22H22FN5O3/c1-2-31-22(30)19-13-20(28(27-19)15-7-4-3-5-8-15)21(29)26-12-11-25-18-10-6-9-17(23)16(18)14-24/h3-10,20,25H,2,11-13H2,1H3,(H,26,29)/t20-/m1/s1. The molecule has 0 aromatic heterocycles. The summed E-state index contributed by atoms with van der Waals surface area (Å²) < 4.78 is 18.7. The zero-order valence-corrected chi connectivity index (χ0v) is 17.0. The van der Waals surface area contributed by atoms with Crippen LogP contribution in [0.4, 0.5) is 15.8 Å². The van der Waals surface area contributed by atoms with Crippen LogP contribution in [0.2, 0.25) is 0 Å². The number of ether oxygens (including phenoxy) is 1. The van der Waals surface area contributed by atoms with E-state index in [0.717, 1.165) is 0 Å². The molecule has 0 radical (unpaired) electrons. The number of carbonyl (C=O) groups excluding carboxylic acids is 2. The van der Waals surface area contributed by atoms with Gasteiger partial charge in [0.2, 0.25) is 5.91 Å². The van der Waals surface area contributed by atoms with Gasteiger partial charge in [-0.2, -0.15) is 10.4 Å². The van der Waals surface area contributed by atoms with Crippen LogP contribution in [-0.2, 0) is 14.3 Å². The van der Waals surface area contributed by atoms with Crippen molar-refractivity contribution in [2.45, 2.75) is 19.4 Å². The van der Waals surface area contributed by atoms with Gasteiger partial charge in [-0.15, -0.1) is 0 Å². The van der Waals surface area contributed by atoms with E-state index in [2.05, 4.69) is 15.7 Å². The minimum absolute atomic E-state index is 0.0765. The Labute approximate surface area is 179 Å². The Bertz CT molecular complexity index is 1020. The monoisotopic (exact) mass is 423 g/mol. The van der Waals surface area contributed by atoms with Crippen molar-refractivity contribution in [2.75, 3.05) is 30.0 Å².